The summed E-state index contributed by atoms with van der Waals surface area (Å²) in [5.74, 6) is 1.29. The molecule has 2 heterocycles. The zero-order valence-electron chi connectivity index (χ0n) is 8.94. The molecule has 82 valence electrons. The Morgan fingerprint density at radius 3 is 2.40 bits per heavy atom. The highest BCUT2D eigenvalue weighted by atomic mass is 127. The van der Waals surface area contributed by atoms with Crippen molar-refractivity contribution in [1.82, 2.24) is 9.97 Å². The molecule has 0 radical (unpaired) electrons. The van der Waals surface area contributed by atoms with E-state index in [1.807, 2.05) is 12.4 Å². The summed E-state index contributed by atoms with van der Waals surface area (Å²) in [5.41, 5.74) is 6.14. The first-order valence-corrected chi connectivity index (χ1v) is 6.10. The molecule has 0 amide bonds. The molecule has 1 aromatic rings. The van der Waals surface area contributed by atoms with Gasteiger partial charge in [0.15, 0.2) is 0 Å². The fourth-order valence-corrected chi connectivity index (χ4v) is 1.92. The van der Waals surface area contributed by atoms with Gasteiger partial charge in [0.05, 0.1) is 5.54 Å². The van der Waals surface area contributed by atoms with Crippen LogP contribution in [0.3, 0.4) is 0 Å². The van der Waals surface area contributed by atoms with E-state index >= 15 is 0 Å². The molecule has 0 spiro atoms. The van der Waals surface area contributed by atoms with E-state index in [0.29, 0.717) is 5.92 Å². The van der Waals surface area contributed by atoms with E-state index < -0.39 is 0 Å². The molecule has 2 rings (SSSR count). The van der Waals surface area contributed by atoms with E-state index in [0.717, 1.165) is 22.6 Å². The monoisotopic (exact) mass is 318 g/mol. The third-order valence-electron chi connectivity index (χ3n) is 3.01. The first-order chi connectivity index (χ1) is 7.01. The van der Waals surface area contributed by atoms with Gasteiger partial charge in [0.2, 0.25) is 5.95 Å². The Morgan fingerprint density at radius 1 is 1.40 bits per heavy atom. The minimum absolute atomic E-state index is 0.0631. The average molecular weight is 318 g/mol. The maximum absolute atomic E-state index is 6.20. The molecule has 5 heteroatoms. The van der Waals surface area contributed by atoms with E-state index in [1.165, 1.54) is 0 Å². The lowest BCUT2D eigenvalue weighted by atomic mass is 9.80. The predicted molar refractivity (Wildman–Crippen MR) is 68.7 cm³/mol. The summed E-state index contributed by atoms with van der Waals surface area (Å²) < 4.78 is 1.06. The normalized spacial score (nSPS) is 19.1. The Bertz CT molecular complexity index is 343. The Kier molecular flexibility index (Phi) is 2.85. The van der Waals surface area contributed by atoms with Crippen molar-refractivity contribution in [2.45, 2.75) is 19.4 Å². The van der Waals surface area contributed by atoms with Gasteiger partial charge in [0, 0.05) is 29.1 Å². The van der Waals surface area contributed by atoms with Crippen molar-refractivity contribution in [1.29, 1.82) is 0 Å². The van der Waals surface area contributed by atoms with Crippen LogP contribution < -0.4 is 10.6 Å². The van der Waals surface area contributed by atoms with E-state index in [1.54, 1.807) is 0 Å². The van der Waals surface area contributed by atoms with E-state index in [2.05, 4.69) is 51.3 Å². The zero-order chi connectivity index (χ0) is 11.1. The van der Waals surface area contributed by atoms with E-state index in [9.17, 15) is 0 Å². The van der Waals surface area contributed by atoms with Gasteiger partial charge in [0.25, 0.3) is 0 Å². The van der Waals surface area contributed by atoms with Gasteiger partial charge < -0.3 is 10.6 Å². The topological polar surface area (TPSA) is 55.0 Å². The molecule has 1 fully saturated rings. The molecule has 0 aromatic carbocycles. The number of nitrogens with two attached hydrogens (primary N) is 1. The van der Waals surface area contributed by atoms with Crippen LogP contribution in [0.25, 0.3) is 0 Å². The molecule has 0 aliphatic carbocycles. The van der Waals surface area contributed by atoms with Crippen LogP contribution in [0.4, 0.5) is 5.95 Å². The fraction of sp³-hybridized carbons (Fsp3) is 0.600. The standard InChI is InChI=1S/C10H15IN4/c1-7(2)10(12)5-15(6-10)9-13-3-8(11)4-14-9/h3-4,7H,5-6,12H2,1-2H3. The van der Waals surface area contributed by atoms with Crippen LogP contribution in [0.2, 0.25) is 0 Å². The van der Waals surface area contributed by atoms with Crippen LogP contribution in [-0.2, 0) is 0 Å². The smallest absolute Gasteiger partial charge is 0.225 e. The van der Waals surface area contributed by atoms with Gasteiger partial charge in [-0.2, -0.15) is 0 Å². The Morgan fingerprint density at radius 2 is 1.93 bits per heavy atom. The zero-order valence-corrected chi connectivity index (χ0v) is 11.1. The summed E-state index contributed by atoms with van der Waals surface area (Å²) >= 11 is 2.20. The number of hydrogen-bond acceptors (Lipinski definition) is 4. The van der Waals surface area contributed by atoms with Crippen molar-refractivity contribution in [3.05, 3.63) is 16.0 Å². The van der Waals surface area contributed by atoms with Crippen LogP contribution in [0, 0.1) is 9.49 Å². The van der Waals surface area contributed by atoms with Gasteiger partial charge in [-0.15, -0.1) is 0 Å². The number of rotatable bonds is 2. The SMILES string of the molecule is CC(C)C1(N)CN(c2ncc(I)cn2)C1. The highest BCUT2D eigenvalue weighted by molar-refractivity contribution is 14.1. The molecular weight excluding hydrogens is 303 g/mol. The van der Waals surface area contributed by atoms with E-state index in [-0.39, 0.29) is 5.54 Å². The maximum atomic E-state index is 6.20. The summed E-state index contributed by atoms with van der Waals surface area (Å²) in [6.07, 6.45) is 3.66. The van der Waals surface area contributed by atoms with Crippen LogP contribution in [0.1, 0.15) is 13.8 Å². The summed E-state index contributed by atoms with van der Waals surface area (Å²) in [6, 6.07) is 0. The second kappa shape index (κ2) is 3.86. The molecule has 15 heavy (non-hydrogen) atoms. The lowest BCUT2D eigenvalue weighted by Crippen LogP contribution is -2.70. The van der Waals surface area contributed by atoms with Gasteiger partial charge >= 0.3 is 0 Å². The molecule has 0 saturated carbocycles. The average Bonchev–Trinajstić information content (AvgIpc) is 2.14. The second-order valence-electron chi connectivity index (χ2n) is 4.45. The summed E-state index contributed by atoms with van der Waals surface area (Å²) in [6.45, 7) is 6.02. The van der Waals surface area contributed by atoms with Crippen molar-refractivity contribution in [3.63, 3.8) is 0 Å². The third kappa shape index (κ3) is 2.08. The van der Waals surface area contributed by atoms with Gasteiger partial charge in [-0.05, 0) is 28.5 Å². The van der Waals surface area contributed by atoms with Crippen LogP contribution in [0.15, 0.2) is 12.4 Å². The molecular formula is C10H15IN4. The van der Waals surface area contributed by atoms with Crippen LogP contribution >= 0.6 is 22.6 Å². The number of nitrogens with zero attached hydrogens (tertiary/aromatic N) is 3. The highest BCUT2D eigenvalue weighted by Crippen LogP contribution is 2.28. The minimum atomic E-state index is -0.0631. The quantitative estimate of drug-likeness (QED) is 0.834. The lowest BCUT2D eigenvalue weighted by molar-refractivity contribution is 0.242. The Hall–Kier alpha value is -0.430. The molecule has 0 bridgehead atoms. The van der Waals surface area contributed by atoms with Gasteiger partial charge in [-0.1, -0.05) is 13.8 Å². The number of halogens is 1. The molecule has 2 N–H and O–H groups in total. The minimum Gasteiger partial charge on any atom is -0.337 e. The molecule has 1 aromatic heterocycles. The van der Waals surface area contributed by atoms with Crippen LogP contribution in [0.5, 0.6) is 0 Å². The molecule has 1 saturated heterocycles. The number of hydrogen-bond donors (Lipinski definition) is 1. The molecule has 0 atom stereocenters. The third-order valence-corrected chi connectivity index (χ3v) is 3.57. The predicted octanol–water partition coefficient (Wildman–Crippen LogP) is 1.25. The molecule has 0 unspecified atom stereocenters. The van der Waals surface area contributed by atoms with Crippen molar-refractivity contribution < 1.29 is 0 Å². The maximum Gasteiger partial charge on any atom is 0.225 e. The summed E-state index contributed by atoms with van der Waals surface area (Å²) in [4.78, 5) is 10.7. The van der Waals surface area contributed by atoms with E-state index in [4.69, 9.17) is 5.73 Å². The summed E-state index contributed by atoms with van der Waals surface area (Å²) in [7, 11) is 0. The summed E-state index contributed by atoms with van der Waals surface area (Å²) in [5, 5.41) is 0. The lowest BCUT2D eigenvalue weighted by Gasteiger charge is -2.50. The van der Waals surface area contributed by atoms with Gasteiger partial charge in [-0.25, -0.2) is 9.97 Å². The first kappa shape index (κ1) is 11.1. The van der Waals surface area contributed by atoms with Crippen molar-refractivity contribution >= 4 is 28.5 Å². The number of anilines is 1. The number of aromatic nitrogens is 2. The van der Waals surface area contributed by atoms with Crippen molar-refractivity contribution in [3.8, 4) is 0 Å². The molecule has 1 aliphatic rings. The van der Waals surface area contributed by atoms with Crippen molar-refractivity contribution in [2.24, 2.45) is 11.7 Å². The molecule has 1 aliphatic heterocycles. The Labute approximate surface area is 103 Å². The Balaban J connectivity index is 2.03. The molecule has 4 nitrogen and oxygen atoms in total. The van der Waals surface area contributed by atoms with Crippen molar-refractivity contribution in [2.75, 3.05) is 18.0 Å². The van der Waals surface area contributed by atoms with Crippen LogP contribution in [-0.4, -0.2) is 28.6 Å². The first-order valence-electron chi connectivity index (χ1n) is 5.03. The highest BCUT2D eigenvalue weighted by Gasteiger charge is 2.42. The second-order valence-corrected chi connectivity index (χ2v) is 5.69. The fourth-order valence-electron chi connectivity index (χ4n) is 1.64. The van der Waals surface area contributed by atoms with Gasteiger partial charge in [0.1, 0.15) is 0 Å². The largest absolute Gasteiger partial charge is 0.337 e. The van der Waals surface area contributed by atoms with Gasteiger partial charge in [-0.3, -0.25) is 0 Å².